The van der Waals surface area contributed by atoms with Gasteiger partial charge in [-0.1, -0.05) is 41.9 Å². The maximum atomic E-state index is 12.0. The van der Waals surface area contributed by atoms with Crippen molar-refractivity contribution in [3.05, 3.63) is 59.4 Å². The van der Waals surface area contributed by atoms with Crippen molar-refractivity contribution in [1.29, 1.82) is 0 Å². The number of esters is 1. The molecule has 0 saturated carbocycles. The Morgan fingerprint density at radius 2 is 2.04 bits per heavy atom. The van der Waals surface area contributed by atoms with E-state index < -0.39 is 12.1 Å². The van der Waals surface area contributed by atoms with E-state index in [1.807, 2.05) is 30.3 Å². The fourth-order valence-corrected chi connectivity index (χ4v) is 2.60. The van der Waals surface area contributed by atoms with Gasteiger partial charge in [-0.3, -0.25) is 4.40 Å². The van der Waals surface area contributed by atoms with Crippen LogP contribution in [0.15, 0.2) is 48.7 Å². The lowest BCUT2D eigenvalue weighted by Crippen LogP contribution is -2.17. The molecule has 0 fully saturated rings. The molecule has 118 valence electrons. The Morgan fingerprint density at radius 3 is 2.74 bits per heavy atom. The third kappa shape index (κ3) is 2.93. The quantitative estimate of drug-likeness (QED) is 0.746. The van der Waals surface area contributed by atoms with Crippen LogP contribution in [0.2, 0.25) is 5.02 Å². The van der Waals surface area contributed by atoms with Crippen LogP contribution in [0.25, 0.3) is 16.9 Å². The van der Waals surface area contributed by atoms with Crippen LogP contribution in [0.4, 0.5) is 0 Å². The summed E-state index contributed by atoms with van der Waals surface area (Å²) >= 11 is 6.04. The molecule has 1 aromatic carbocycles. The lowest BCUT2D eigenvalue weighted by molar-refractivity contribution is -0.153. The van der Waals surface area contributed by atoms with Crippen LogP contribution in [0.3, 0.4) is 0 Å². The number of rotatable bonds is 4. The van der Waals surface area contributed by atoms with Crippen molar-refractivity contribution in [2.45, 2.75) is 13.0 Å². The van der Waals surface area contributed by atoms with E-state index in [0.717, 1.165) is 5.56 Å². The summed E-state index contributed by atoms with van der Waals surface area (Å²) in [7, 11) is 0. The van der Waals surface area contributed by atoms with Crippen molar-refractivity contribution in [3.8, 4) is 11.3 Å². The molecule has 0 saturated heterocycles. The summed E-state index contributed by atoms with van der Waals surface area (Å²) in [6.07, 6.45) is 0.173. The highest BCUT2D eigenvalue weighted by molar-refractivity contribution is 6.30. The molecular weight excluding hydrogens is 316 g/mol. The SMILES string of the molecule is CCOC(=O)[C@H](O)c1c(-c2ccccc2)nc2ccc(Cl)cn12. The predicted octanol–water partition coefficient (Wildman–Crippen LogP) is 3.25. The third-order valence-electron chi connectivity index (χ3n) is 3.44. The topological polar surface area (TPSA) is 63.8 Å². The van der Waals surface area contributed by atoms with E-state index in [4.69, 9.17) is 16.3 Å². The Labute approximate surface area is 138 Å². The van der Waals surface area contributed by atoms with Gasteiger partial charge in [0.2, 0.25) is 0 Å². The van der Waals surface area contributed by atoms with Crippen molar-refractivity contribution < 1.29 is 14.6 Å². The summed E-state index contributed by atoms with van der Waals surface area (Å²) in [5.74, 6) is -0.716. The van der Waals surface area contributed by atoms with Gasteiger partial charge >= 0.3 is 5.97 Å². The highest BCUT2D eigenvalue weighted by Crippen LogP contribution is 2.30. The predicted molar refractivity (Wildman–Crippen MR) is 87.2 cm³/mol. The number of fused-ring (bicyclic) bond motifs is 1. The van der Waals surface area contributed by atoms with Gasteiger partial charge in [0.15, 0.2) is 6.10 Å². The number of pyridine rings is 1. The van der Waals surface area contributed by atoms with Gasteiger partial charge in [0, 0.05) is 11.8 Å². The van der Waals surface area contributed by atoms with Crippen molar-refractivity contribution in [2.75, 3.05) is 6.61 Å². The van der Waals surface area contributed by atoms with E-state index in [0.29, 0.717) is 22.1 Å². The van der Waals surface area contributed by atoms with Crippen molar-refractivity contribution in [2.24, 2.45) is 0 Å². The minimum absolute atomic E-state index is 0.189. The normalized spacial score (nSPS) is 12.3. The first-order valence-corrected chi connectivity index (χ1v) is 7.57. The monoisotopic (exact) mass is 330 g/mol. The zero-order chi connectivity index (χ0) is 16.4. The number of benzene rings is 1. The molecule has 23 heavy (non-hydrogen) atoms. The first kappa shape index (κ1) is 15.5. The van der Waals surface area contributed by atoms with Crippen LogP contribution in [0, 0.1) is 0 Å². The second-order valence-electron chi connectivity index (χ2n) is 4.94. The van der Waals surface area contributed by atoms with Gasteiger partial charge in [-0.05, 0) is 19.1 Å². The number of nitrogens with zero attached hydrogens (tertiary/aromatic N) is 2. The Balaban J connectivity index is 2.23. The van der Waals surface area contributed by atoms with Crippen LogP contribution in [-0.4, -0.2) is 27.1 Å². The summed E-state index contributed by atoms with van der Waals surface area (Å²) in [4.78, 5) is 16.5. The van der Waals surface area contributed by atoms with Crippen LogP contribution < -0.4 is 0 Å². The molecule has 2 aromatic heterocycles. The molecule has 3 rings (SSSR count). The molecule has 0 aliphatic heterocycles. The molecule has 5 nitrogen and oxygen atoms in total. The molecule has 2 heterocycles. The molecule has 0 spiro atoms. The summed E-state index contributed by atoms with van der Waals surface area (Å²) in [6.45, 7) is 1.88. The van der Waals surface area contributed by atoms with Crippen molar-refractivity contribution >= 4 is 23.2 Å². The summed E-state index contributed by atoms with van der Waals surface area (Å²) in [5, 5.41) is 10.9. The van der Waals surface area contributed by atoms with Crippen LogP contribution in [0.5, 0.6) is 0 Å². The van der Waals surface area contributed by atoms with Crippen LogP contribution >= 0.6 is 11.6 Å². The van der Waals surface area contributed by atoms with Crippen LogP contribution in [-0.2, 0) is 9.53 Å². The average Bonchev–Trinajstić information content (AvgIpc) is 2.93. The maximum Gasteiger partial charge on any atom is 0.341 e. The number of aliphatic hydroxyl groups excluding tert-OH is 1. The van der Waals surface area contributed by atoms with Gasteiger partial charge < -0.3 is 9.84 Å². The molecule has 1 atom stereocenters. The minimum atomic E-state index is -1.45. The Bertz CT molecular complexity index is 846. The average molecular weight is 331 g/mol. The van der Waals surface area contributed by atoms with Gasteiger partial charge in [0.25, 0.3) is 0 Å². The van der Waals surface area contributed by atoms with Crippen molar-refractivity contribution in [1.82, 2.24) is 9.38 Å². The molecule has 1 N–H and O–H groups in total. The second-order valence-corrected chi connectivity index (χ2v) is 5.38. The molecule has 0 amide bonds. The third-order valence-corrected chi connectivity index (χ3v) is 3.66. The minimum Gasteiger partial charge on any atom is -0.464 e. The van der Waals surface area contributed by atoms with E-state index >= 15 is 0 Å². The number of hydrogen-bond acceptors (Lipinski definition) is 4. The molecule has 0 aliphatic carbocycles. The summed E-state index contributed by atoms with van der Waals surface area (Å²) in [6, 6.07) is 12.8. The summed E-state index contributed by atoms with van der Waals surface area (Å²) in [5.41, 5.74) is 2.25. The number of aliphatic hydroxyl groups is 1. The maximum absolute atomic E-state index is 12.0. The van der Waals surface area contributed by atoms with E-state index in [2.05, 4.69) is 4.98 Å². The molecule has 0 unspecified atom stereocenters. The Hall–Kier alpha value is -2.37. The van der Waals surface area contributed by atoms with E-state index in [9.17, 15) is 9.90 Å². The number of carbonyl (C=O) groups excluding carboxylic acids is 1. The largest absolute Gasteiger partial charge is 0.464 e. The number of halogens is 1. The zero-order valence-electron chi connectivity index (χ0n) is 12.4. The lowest BCUT2D eigenvalue weighted by Gasteiger charge is -2.12. The van der Waals surface area contributed by atoms with Crippen molar-refractivity contribution in [3.63, 3.8) is 0 Å². The summed E-state index contributed by atoms with van der Waals surface area (Å²) < 4.78 is 6.55. The Kier molecular flexibility index (Phi) is 4.32. The number of aromatic nitrogens is 2. The van der Waals surface area contributed by atoms with Gasteiger partial charge in [-0.25, -0.2) is 9.78 Å². The van der Waals surface area contributed by atoms with E-state index in [1.165, 1.54) is 0 Å². The molecule has 3 aromatic rings. The number of hydrogen-bond donors (Lipinski definition) is 1. The zero-order valence-corrected chi connectivity index (χ0v) is 13.2. The highest BCUT2D eigenvalue weighted by atomic mass is 35.5. The standard InChI is InChI=1S/C17H15ClN2O3/c1-2-23-17(22)16(21)15-14(11-6-4-3-5-7-11)19-13-9-8-12(18)10-20(13)15/h3-10,16,21H,2H2,1H3/t16-/m1/s1. The van der Waals surface area contributed by atoms with E-state index in [-0.39, 0.29) is 6.61 Å². The molecule has 0 bridgehead atoms. The fourth-order valence-electron chi connectivity index (χ4n) is 2.44. The second kappa shape index (κ2) is 6.40. The Morgan fingerprint density at radius 1 is 1.30 bits per heavy atom. The lowest BCUT2D eigenvalue weighted by atomic mass is 10.1. The molecular formula is C17H15ClN2O3. The van der Waals surface area contributed by atoms with Crippen LogP contribution in [0.1, 0.15) is 18.7 Å². The molecule has 0 aliphatic rings. The van der Waals surface area contributed by atoms with Gasteiger partial charge in [0.05, 0.1) is 23.0 Å². The molecule has 6 heteroatoms. The number of carbonyl (C=O) groups is 1. The fraction of sp³-hybridized carbons (Fsp3) is 0.176. The first-order chi connectivity index (χ1) is 11.1. The smallest absolute Gasteiger partial charge is 0.341 e. The number of ether oxygens (including phenoxy) is 1. The highest BCUT2D eigenvalue weighted by Gasteiger charge is 2.27. The van der Waals surface area contributed by atoms with Gasteiger partial charge in [-0.15, -0.1) is 0 Å². The first-order valence-electron chi connectivity index (χ1n) is 7.19. The van der Waals surface area contributed by atoms with E-state index in [1.54, 1.807) is 29.7 Å². The van der Waals surface area contributed by atoms with Gasteiger partial charge in [0.1, 0.15) is 5.65 Å². The molecule has 0 radical (unpaired) electrons. The van der Waals surface area contributed by atoms with Gasteiger partial charge in [-0.2, -0.15) is 0 Å². The number of imidazole rings is 1.